The maximum atomic E-state index is 10.9. The summed E-state index contributed by atoms with van der Waals surface area (Å²) in [4.78, 5) is 23.0. The largest absolute Gasteiger partial charge is 0.477 e. The summed E-state index contributed by atoms with van der Waals surface area (Å²) < 4.78 is 0. The van der Waals surface area contributed by atoms with Crippen LogP contribution in [0.4, 0.5) is 11.4 Å². The number of hydrogen-bond donors (Lipinski definition) is 1. The average Bonchev–Trinajstić information content (AvgIpc) is 2.43. The molecule has 7 heteroatoms. The van der Waals surface area contributed by atoms with Crippen LogP contribution in [0.2, 0.25) is 0 Å². The van der Waals surface area contributed by atoms with E-state index in [2.05, 4.69) is 6.07 Å². The standard InChI is InChI=1S/C13H15N3O4/c1-3-15(8-9(2)7-14)10-4-5-11(13(17)18)12(6-10)16(19)20/h4-6,9H,3,8H2,1-2H3,(H,17,18). The molecule has 1 N–H and O–H groups in total. The Bertz CT molecular complexity index is 565. The van der Waals surface area contributed by atoms with E-state index in [4.69, 9.17) is 10.4 Å². The maximum Gasteiger partial charge on any atom is 0.342 e. The van der Waals surface area contributed by atoms with E-state index in [0.29, 0.717) is 18.8 Å². The number of aromatic carboxylic acids is 1. The van der Waals surface area contributed by atoms with Gasteiger partial charge in [-0.3, -0.25) is 10.1 Å². The van der Waals surface area contributed by atoms with E-state index in [0.717, 1.165) is 0 Å². The lowest BCUT2D eigenvalue weighted by atomic mass is 10.1. The van der Waals surface area contributed by atoms with Crippen molar-refractivity contribution >= 4 is 17.3 Å². The zero-order valence-electron chi connectivity index (χ0n) is 11.2. The second kappa shape index (κ2) is 6.52. The van der Waals surface area contributed by atoms with Crippen LogP contribution in [0.1, 0.15) is 24.2 Å². The summed E-state index contributed by atoms with van der Waals surface area (Å²) in [6, 6.07) is 6.07. The van der Waals surface area contributed by atoms with Gasteiger partial charge in [0.25, 0.3) is 5.69 Å². The Labute approximate surface area is 116 Å². The number of carboxylic acids is 1. The monoisotopic (exact) mass is 277 g/mol. The van der Waals surface area contributed by atoms with Crippen molar-refractivity contribution in [3.63, 3.8) is 0 Å². The third-order valence-electron chi connectivity index (χ3n) is 2.87. The van der Waals surface area contributed by atoms with Crippen LogP contribution >= 0.6 is 0 Å². The first kappa shape index (κ1) is 15.4. The van der Waals surface area contributed by atoms with Crippen LogP contribution < -0.4 is 4.90 Å². The molecule has 1 aromatic carbocycles. The van der Waals surface area contributed by atoms with Crippen LogP contribution in [0, 0.1) is 27.4 Å². The van der Waals surface area contributed by atoms with Crippen molar-refractivity contribution in [1.29, 1.82) is 5.26 Å². The van der Waals surface area contributed by atoms with Crippen molar-refractivity contribution in [2.75, 3.05) is 18.0 Å². The SMILES string of the molecule is CCN(CC(C)C#N)c1ccc(C(=O)O)c([N+](=O)[O-])c1. The van der Waals surface area contributed by atoms with Gasteiger partial charge in [-0.05, 0) is 26.0 Å². The Balaban J connectivity index is 3.19. The lowest BCUT2D eigenvalue weighted by molar-refractivity contribution is -0.385. The van der Waals surface area contributed by atoms with Crippen LogP contribution in [0.5, 0.6) is 0 Å². The molecule has 20 heavy (non-hydrogen) atoms. The van der Waals surface area contributed by atoms with E-state index in [9.17, 15) is 14.9 Å². The number of anilines is 1. The Kier molecular flexibility index (Phi) is 5.03. The molecule has 1 unspecified atom stereocenters. The minimum atomic E-state index is -1.34. The second-order valence-corrected chi connectivity index (χ2v) is 4.33. The van der Waals surface area contributed by atoms with E-state index in [-0.39, 0.29) is 11.5 Å². The molecule has 0 aromatic heterocycles. The molecule has 0 spiro atoms. The molecule has 1 rings (SSSR count). The van der Waals surface area contributed by atoms with Gasteiger partial charge in [0.05, 0.1) is 16.9 Å². The molecule has 0 aliphatic carbocycles. The average molecular weight is 277 g/mol. The molecule has 1 aromatic rings. The number of benzene rings is 1. The smallest absolute Gasteiger partial charge is 0.342 e. The Morgan fingerprint density at radius 3 is 2.70 bits per heavy atom. The van der Waals surface area contributed by atoms with Crippen LogP contribution in [0.15, 0.2) is 18.2 Å². The highest BCUT2D eigenvalue weighted by Crippen LogP contribution is 2.26. The van der Waals surface area contributed by atoms with Gasteiger partial charge in [0.1, 0.15) is 5.56 Å². The van der Waals surface area contributed by atoms with Gasteiger partial charge in [0.15, 0.2) is 0 Å². The van der Waals surface area contributed by atoms with Gasteiger partial charge in [0, 0.05) is 24.8 Å². The summed E-state index contributed by atoms with van der Waals surface area (Å²) in [6.07, 6.45) is 0. The number of rotatable bonds is 6. The first-order chi connectivity index (χ1) is 9.40. The minimum absolute atomic E-state index is 0.229. The molecule has 1 atom stereocenters. The van der Waals surface area contributed by atoms with Gasteiger partial charge in [-0.1, -0.05) is 0 Å². The highest BCUT2D eigenvalue weighted by molar-refractivity contribution is 5.93. The van der Waals surface area contributed by atoms with E-state index >= 15 is 0 Å². The first-order valence-electron chi connectivity index (χ1n) is 6.07. The fourth-order valence-electron chi connectivity index (χ4n) is 1.84. The second-order valence-electron chi connectivity index (χ2n) is 4.33. The number of carbonyl (C=O) groups is 1. The van der Waals surface area contributed by atoms with Crippen LogP contribution in [0.3, 0.4) is 0 Å². The summed E-state index contributed by atoms with van der Waals surface area (Å²) in [6.45, 7) is 4.61. The molecule has 0 heterocycles. The number of nitro groups is 1. The van der Waals surface area contributed by atoms with E-state index in [1.54, 1.807) is 11.8 Å². The predicted molar refractivity (Wildman–Crippen MR) is 72.7 cm³/mol. The molecule has 7 nitrogen and oxygen atoms in total. The van der Waals surface area contributed by atoms with Crippen molar-refractivity contribution in [2.45, 2.75) is 13.8 Å². The van der Waals surface area contributed by atoms with Gasteiger partial charge < -0.3 is 10.0 Å². The van der Waals surface area contributed by atoms with Crippen molar-refractivity contribution in [1.82, 2.24) is 0 Å². The molecule has 0 amide bonds. The minimum Gasteiger partial charge on any atom is -0.477 e. The van der Waals surface area contributed by atoms with Crippen molar-refractivity contribution in [3.05, 3.63) is 33.9 Å². The van der Waals surface area contributed by atoms with Gasteiger partial charge in [0.2, 0.25) is 0 Å². The van der Waals surface area contributed by atoms with Gasteiger partial charge in [-0.25, -0.2) is 4.79 Å². The number of carboxylic acid groups (broad SMARTS) is 1. The zero-order chi connectivity index (χ0) is 15.3. The molecular formula is C13H15N3O4. The van der Waals surface area contributed by atoms with Gasteiger partial charge in [-0.15, -0.1) is 0 Å². The number of hydrogen-bond acceptors (Lipinski definition) is 5. The molecule has 0 bridgehead atoms. The summed E-state index contributed by atoms with van der Waals surface area (Å²) in [7, 11) is 0. The quantitative estimate of drug-likeness (QED) is 0.631. The summed E-state index contributed by atoms with van der Waals surface area (Å²) in [5.41, 5.74) is -0.257. The summed E-state index contributed by atoms with van der Waals surface area (Å²) in [5, 5.41) is 28.7. The Morgan fingerprint density at radius 2 is 2.25 bits per heavy atom. The highest BCUT2D eigenvalue weighted by atomic mass is 16.6. The highest BCUT2D eigenvalue weighted by Gasteiger charge is 2.21. The van der Waals surface area contributed by atoms with Crippen LogP contribution in [-0.2, 0) is 0 Å². The van der Waals surface area contributed by atoms with Crippen LogP contribution in [0.25, 0.3) is 0 Å². The first-order valence-corrected chi connectivity index (χ1v) is 6.07. The molecule has 0 fully saturated rings. The number of nitrogens with zero attached hydrogens (tertiary/aromatic N) is 3. The molecule has 0 saturated carbocycles. The van der Waals surface area contributed by atoms with E-state index in [1.807, 2.05) is 6.92 Å². The third kappa shape index (κ3) is 3.45. The fourth-order valence-corrected chi connectivity index (χ4v) is 1.84. The Hall–Kier alpha value is -2.62. The molecule has 0 aliphatic rings. The molecule has 106 valence electrons. The predicted octanol–water partition coefficient (Wildman–Crippen LogP) is 2.28. The third-order valence-corrected chi connectivity index (χ3v) is 2.87. The summed E-state index contributed by atoms with van der Waals surface area (Å²) >= 11 is 0. The zero-order valence-corrected chi connectivity index (χ0v) is 11.2. The maximum absolute atomic E-state index is 10.9. The topological polar surface area (TPSA) is 107 Å². The normalized spacial score (nSPS) is 11.4. The fraction of sp³-hybridized carbons (Fsp3) is 0.385. The van der Waals surface area contributed by atoms with E-state index < -0.39 is 16.6 Å². The van der Waals surface area contributed by atoms with Gasteiger partial charge >= 0.3 is 5.97 Å². The van der Waals surface area contributed by atoms with Crippen molar-refractivity contribution in [2.24, 2.45) is 5.92 Å². The molecule has 0 radical (unpaired) electrons. The van der Waals surface area contributed by atoms with Gasteiger partial charge in [-0.2, -0.15) is 5.26 Å². The number of nitro benzene ring substituents is 1. The van der Waals surface area contributed by atoms with E-state index in [1.165, 1.54) is 18.2 Å². The van der Waals surface area contributed by atoms with Crippen LogP contribution in [-0.4, -0.2) is 29.1 Å². The molecular weight excluding hydrogens is 262 g/mol. The lowest BCUT2D eigenvalue weighted by Gasteiger charge is -2.24. The Morgan fingerprint density at radius 1 is 1.60 bits per heavy atom. The van der Waals surface area contributed by atoms with Crippen molar-refractivity contribution in [3.8, 4) is 6.07 Å². The number of nitriles is 1. The van der Waals surface area contributed by atoms with Crippen molar-refractivity contribution < 1.29 is 14.8 Å². The summed E-state index contributed by atoms with van der Waals surface area (Å²) in [5.74, 6) is -1.56. The lowest BCUT2D eigenvalue weighted by Crippen LogP contribution is -2.27. The molecule has 0 saturated heterocycles. The molecule has 0 aliphatic heterocycles.